The highest BCUT2D eigenvalue weighted by molar-refractivity contribution is 14.1. The first-order valence-electron chi connectivity index (χ1n) is 7.60. The maximum absolute atomic E-state index is 4.66. The summed E-state index contributed by atoms with van der Waals surface area (Å²) in [6, 6.07) is 0. The standard InChI is InChI=1S/C16H29IN2/c1-14(2,11-18-8-9-19-17)16(5)7-6-12-10-13(16)15(12,3)4/h11-13,19H,6-10H2,1-5H3. The first-order valence-corrected chi connectivity index (χ1v) is 8.68. The zero-order valence-corrected chi connectivity index (χ0v) is 15.3. The molecule has 0 aliphatic heterocycles. The molecular weight excluding hydrogens is 347 g/mol. The lowest BCUT2D eigenvalue weighted by molar-refractivity contribution is -0.177. The van der Waals surface area contributed by atoms with E-state index in [2.05, 4.69) is 72.2 Å². The van der Waals surface area contributed by atoms with E-state index in [1.807, 2.05) is 0 Å². The van der Waals surface area contributed by atoms with Crippen molar-refractivity contribution in [2.45, 2.75) is 53.9 Å². The number of hydrogen-bond acceptors (Lipinski definition) is 2. The van der Waals surface area contributed by atoms with Crippen molar-refractivity contribution in [2.75, 3.05) is 13.1 Å². The molecule has 110 valence electrons. The minimum absolute atomic E-state index is 0.200. The van der Waals surface area contributed by atoms with E-state index < -0.39 is 0 Å². The van der Waals surface area contributed by atoms with Gasteiger partial charge in [0.2, 0.25) is 0 Å². The Hall–Kier alpha value is 0.360. The first kappa shape index (κ1) is 15.7. The van der Waals surface area contributed by atoms with Gasteiger partial charge in [-0.2, -0.15) is 0 Å². The SMILES string of the molecule is CC1(C)C2CCC(C)(C(C)(C)C=NCCNI)C1C2. The van der Waals surface area contributed by atoms with Crippen LogP contribution in [0, 0.1) is 28.1 Å². The minimum Gasteiger partial charge on any atom is -0.296 e. The third kappa shape index (κ3) is 2.50. The molecule has 19 heavy (non-hydrogen) atoms. The van der Waals surface area contributed by atoms with E-state index in [4.69, 9.17) is 0 Å². The molecule has 3 rings (SSSR count). The lowest BCUT2D eigenvalue weighted by Crippen LogP contribution is -2.61. The molecule has 3 atom stereocenters. The number of rotatable bonds is 5. The van der Waals surface area contributed by atoms with Gasteiger partial charge in [-0.1, -0.05) is 34.6 Å². The predicted octanol–water partition coefficient (Wildman–Crippen LogP) is 4.49. The van der Waals surface area contributed by atoms with Crippen molar-refractivity contribution < 1.29 is 0 Å². The average Bonchev–Trinajstić information content (AvgIpc) is 2.34. The Balaban J connectivity index is 2.12. The zero-order valence-electron chi connectivity index (χ0n) is 13.1. The van der Waals surface area contributed by atoms with Crippen LogP contribution in [0.25, 0.3) is 0 Å². The van der Waals surface area contributed by atoms with Crippen LogP contribution in [0.4, 0.5) is 0 Å². The van der Waals surface area contributed by atoms with Crippen LogP contribution in [0.15, 0.2) is 4.99 Å². The molecule has 3 fully saturated rings. The summed E-state index contributed by atoms with van der Waals surface area (Å²) in [4.78, 5) is 4.66. The normalized spacial score (nSPS) is 37.4. The van der Waals surface area contributed by atoms with E-state index in [9.17, 15) is 0 Å². The Morgan fingerprint density at radius 2 is 2.05 bits per heavy atom. The van der Waals surface area contributed by atoms with Crippen LogP contribution >= 0.6 is 22.9 Å². The number of aliphatic imine (C=N–C) groups is 1. The molecule has 0 heterocycles. The van der Waals surface area contributed by atoms with Crippen molar-refractivity contribution in [3.05, 3.63) is 0 Å². The third-order valence-electron chi connectivity index (χ3n) is 6.47. The quantitative estimate of drug-likeness (QED) is 0.325. The van der Waals surface area contributed by atoms with Gasteiger partial charge >= 0.3 is 0 Å². The second-order valence-electron chi connectivity index (χ2n) is 7.90. The number of nitrogens with one attached hydrogen (secondary N) is 1. The summed E-state index contributed by atoms with van der Waals surface area (Å²) in [5, 5.41) is 0. The molecule has 3 aliphatic rings. The minimum atomic E-state index is 0.200. The van der Waals surface area contributed by atoms with Gasteiger partial charge in [0.25, 0.3) is 0 Å². The molecule has 2 bridgehead atoms. The molecule has 3 aliphatic carbocycles. The molecule has 2 nitrogen and oxygen atoms in total. The molecule has 0 aromatic rings. The fourth-order valence-electron chi connectivity index (χ4n) is 4.55. The Labute approximate surface area is 132 Å². The summed E-state index contributed by atoms with van der Waals surface area (Å²) >= 11 is 2.18. The summed E-state index contributed by atoms with van der Waals surface area (Å²) in [6.07, 6.45) is 6.47. The zero-order chi connectivity index (χ0) is 14.3. The monoisotopic (exact) mass is 376 g/mol. The maximum Gasteiger partial charge on any atom is 0.0518 e. The van der Waals surface area contributed by atoms with Gasteiger partial charge in [0, 0.05) is 41.0 Å². The molecule has 0 aromatic heterocycles. The molecule has 3 unspecified atom stereocenters. The highest BCUT2D eigenvalue weighted by Crippen LogP contribution is 2.69. The number of hydrogen-bond donors (Lipinski definition) is 1. The number of nitrogens with zero attached hydrogens (tertiary/aromatic N) is 1. The van der Waals surface area contributed by atoms with Crippen LogP contribution < -0.4 is 3.53 Å². The van der Waals surface area contributed by atoms with Crippen LogP contribution in [-0.4, -0.2) is 19.3 Å². The second kappa shape index (κ2) is 5.28. The summed E-state index contributed by atoms with van der Waals surface area (Å²) in [6.45, 7) is 14.1. The Morgan fingerprint density at radius 3 is 2.58 bits per heavy atom. The molecule has 0 amide bonds. The van der Waals surface area contributed by atoms with Crippen LogP contribution in [-0.2, 0) is 0 Å². The van der Waals surface area contributed by atoms with Gasteiger partial charge in [0.15, 0.2) is 0 Å². The molecule has 1 N–H and O–H groups in total. The molecule has 3 heteroatoms. The van der Waals surface area contributed by atoms with Crippen molar-refractivity contribution >= 4 is 29.1 Å². The second-order valence-corrected chi connectivity index (χ2v) is 8.67. The third-order valence-corrected chi connectivity index (χ3v) is 7.01. The van der Waals surface area contributed by atoms with E-state index in [-0.39, 0.29) is 5.41 Å². The molecule has 0 aromatic carbocycles. The van der Waals surface area contributed by atoms with Crippen molar-refractivity contribution in [3.63, 3.8) is 0 Å². The van der Waals surface area contributed by atoms with E-state index >= 15 is 0 Å². The van der Waals surface area contributed by atoms with Crippen LogP contribution in [0.5, 0.6) is 0 Å². The fraction of sp³-hybridized carbons (Fsp3) is 0.938. The number of halogens is 1. The molecule has 0 spiro atoms. The molecule has 0 radical (unpaired) electrons. The van der Waals surface area contributed by atoms with E-state index in [1.165, 1.54) is 19.3 Å². The van der Waals surface area contributed by atoms with Gasteiger partial charge in [0.05, 0.1) is 6.54 Å². The largest absolute Gasteiger partial charge is 0.296 e. The van der Waals surface area contributed by atoms with Crippen LogP contribution in [0.2, 0.25) is 0 Å². The van der Waals surface area contributed by atoms with Gasteiger partial charge in [-0.15, -0.1) is 0 Å². The van der Waals surface area contributed by atoms with Gasteiger partial charge < -0.3 is 0 Å². The Kier molecular flexibility index (Phi) is 4.38. The summed E-state index contributed by atoms with van der Waals surface area (Å²) in [5.41, 5.74) is 1.15. The van der Waals surface area contributed by atoms with Crippen molar-refractivity contribution in [2.24, 2.45) is 33.1 Å². The Morgan fingerprint density at radius 1 is 1.37 bits per heavy atom. The lowest BCUT2D eigenvalue weighted by atomic mass is 9.37. The van der Waals surface area contributed by atoms with Gasteiger partial charge in [-0.05, 0) is 41.9 Å². The highest BCUT2D eigenvalue weighted by Gasteiger charge is 2.62. The highest BCUT2D eigenvalue weighted by atomic mass is 127. The number of fused-ring (bicyclic) bond motifs is 2. The van der Waals surface area contributed by atoms with Crippen LogP contribution in [0.3, 0.4) is 0 Å². The van der Waals surface area contributed by atoms with Crippen LogP contribution in [0.1, 0.15) is 53.9 Å². The van der Waals surface area contributed by atoms with Crippen molar-refractivity contribution in [1.82, 2.24) is 3.53 Å². The molecular formula is C16H29IN2. The van der Waals surface area contributed by atoms with Crippen molar-refractivity contribution in [1.29, 1.82) is 0 Å². The summed E-state index contributed by atoms with van der Waals surface area (Å²) < 4.78 is 3.13. The smallest absolute Gasteiger partial charge is 0.0518 e. The summed E-state index contributed by atoms with van der Waals surface area (Å²) in [5.74, 6) is 1.84. The van der Waals surface area contributed by atoms with Gasteiger partial charge in [-0.25, -0.2) is 0 Å². The predicted molar refractivity (Wildman–Crippen MR) is 91.9 cm³/mol. The summed E-state index contributed by atoms with van der Waals surface area (Å²) in [7, 11) is 0. The van der Waals surface area contributed by atoms with E-state index in [1.54, 1.807) is 0 Å². The molecule has 3 saturated carbocycles. The topological polar surface area (TPSA) is 24.4 Å². The van der Waals surface area contributed by atoms with Gasteiger partial charge in [0.1, 0.15) is 0 Å². The Bertz CT molecular complexity index is 360. The lowest BCUT2D eigenvalue weighted by Gasteiger charge is -2.68. The first-order chi connectivity index (χ1) is 8.75. The van der Waals surface area contributed by atoms with E-state index in [0.717, 1.165) is 24.9 Å². The van der Waals surface area contributed by atoms with E-state index in [0.29, 0.717) is 10.8 Å². The maximum atomic E-state index is 4.66. The van der Waals surface area contributed by atoms with Crippen molar-refractivity contribution in [3.8, 4) is 0 Å². The van der Waals surface area contributed by atoms with Gasteiger partial charge in [-0.3, -0.25) is 8.52 Å². The average molecular weight is 376 g/mol. The fourth-order valence-corrected chi connectivity index (χ4v) is 4.79. The molecule has 0 saturated heterocycles.